The van der Waals surface area contributed by atoms with Crippen LogP contribution in [-0.2, 0) is 0 Å². The van der Waals surface area contributed by atoms with Gasteiger partial charge in [0.05, 0.1) is 4.88 Å². The van der Waals surface area contributed by atoms with Gasteiger partial charge in [-0.15, -0.1) is 11.3 Å². The Labute approximate surface area is 183 Å². The molecule has 4 aromatic rings. The number of carbonyl (C=O) groups excluding carboxylic acids is 1. The molecule has 0 atom stereocenters. The third kappa shape index (κ3) is 3.65. The zero-order valence-corrected chi connectivity index (χ0v) is 17.9. The molecule has 1 aliphatic heterocycles. The van der Waals surface area contributed by atoms with Gasteiger partial charge in [-0.25, -0.2) is 14.4 Å². The lowest BCUT2D eigenvalue weighted by Gasteiger charge is -2.35. The van der Waals surface area contributed by atoms with E-state index in [9.17, 15) is 9.18 Å². The number of anilines is 1. The number of hydrogen-bond acceptors (Lipinski definition) is 5. The van der Waals surface area contributed by atoms with Crippen molar-refractivity contribution in [1.82, 2.24) is 14.9 Å². The van der Waals surface area contributed by atoms with Crippen molar-refractivity contribution < 1.29 is 9.18 Å². The van der Waals surface area contributed by atoms with Gasteiger partial charge < -0.3 is 9.80 Å². The number of benzene rings is 2. The van der Waals surface area contributed by atoms with Crippen LogP contribution in [0.1, 0.15) is 15.2 Å². The van der Waals surface area contributed by atoms with Crippen molar-refractivity contribution in [3.8, 4) is 11.4 Å². The molecular weight excluding hydrogens is 411 g/mol. The van der Waals surface area contributed by atoms with E-state index in [1.807, 2.05) is 54.3 Å². The zero-order valence-electron chi connectivity index (χ0n) is 17.1. The molecule has 1 amide bonds. The number of amides is 1. The van der Waals surface area contributed by atoms with Gasteiger partial charge in [-0.3, -0.25) is 4.79 Å². The van der Waals surface area contributed by atoms with Crippen LogP contribution >= 0.6 is 11.3 Å². The first-order valence-electron chi connectivity index (χ1n) is 10.2. The molecule has 0 unspecified atom stereocenters. The molecule has 7 heteroatoms. The second-order valence-corrected chi connectivity index (χ2v) is 8.61. The quantitative estimate of drug-likeness (QED) is 0.468. The lowest BCUT2D eigenvalue weighted by atomic mass is 10.1. The largest absolute Gasteiger partial charge is 0.353 e. The summed E-state index contributed by atoms with van der Waals surface area (Å²) in [5.74, 6) is 1.26. The number of hydrogen-bond donors (Lipinski definition) is 0. The Kier molecular flexibility index (Phi) is 5.11. The highest BCUT2D eigenvalue weighted by Crippen LogP contribution is 2.33. The molecule has 1 saturated heterocycles. The number of nitrogens with zero attached hydrogens (tertiary/aromatic N) is 4. The molecule has 0 saturated carbocycles. The standard InChI is InChI=1S/C24H21FN4OS/c1-16-21-18(25)8-5-9-19(21)31-22(16)24(30)29-14-12-28(13-15-29)20-10-11-26-23(27-20)17-6-3-2-4-7-17/h2-11H,12-15H2,1H3. The summed E-state index contributed by atoms with van der Waals surface area (Å²) in [4.78, 5) is 26.9. The van der Waals surface area contributed by atoms with Gasteiger partial charge in [0.15, 0.2) is 5.82 Å². The first kappa shape index (κ1) is 19.6. The third-order valence-electron chi connectivity index (χ3n) is 5.66. The Hall–Kier alpha value is -3.32. The maximum atomic E-state index is 14.2. The van der Waals surface area contributed by atoms with Gasteiger partial charge in [-0.05, 0) is 30.7 Å². The van der Waals surface area contributed by atoms with Crippen molar-refractivity contribution >= 4 is 33.1 Å². The highest BCUT2D eigenvalue weighted by Gasteiger charge is 2.26. The van der Waals surface area contributed by atoms with E-state index < -0.39 is 0 Å². The molecule has 0 N–H and O–H groups in total. The van der Waals surface area contributed by atoms with Gasteiger partial charge >= 0.3 is 0 Å². The Balaban J connectivity index is 1.32. The number of halogens is 1. The van der Waals surface area contributed by atoms with E-state index in [1.165, 1.54) is 17.4 Å². The highest BCUT2D eigenvalue weighted by molar-refractivity contribution is 7.21. The molecule has 156 valence electrons. The fraction of sp³-hybridized carbons (Fsp3) is 0.208. The lowest BCUT2D eigenvalue weighted by Crippen LogP contribution is -2.49. The topological polar surface area (TPSA) is 49.3 Å². The summed E-state index contributed by atoms with van der Waals surface area (Å²) in [7, 11) is 0. The second-order valence-electron chi connectivity index (χ2n) is 7.55. The number of thiophene rings is 1. The van der Waals surface area contributed by atoms with Crippen LogP contribution in [0.5, 0.6) is 0 Å². The molecule has 0 spiro atoms. The van der Waals surface area contributed by atoms with Crippen molar-refractivity contribution in [1.29, 1.82) is 0 Å². The molecule has 3 heterocycles. The summed E-state index contributed by atoms with van der Waals surface area (Å²) in [5, 5.41) is 0.559. The SMILES string of the molecule is Cc1c(C(=O)N2CCN(c3ccnc(-c4ccccc4)n3)CC2)sc2cccc(F)c12. The predicted octanol–water partition coefficient (Wildman–Crippen LogP) is 4.77. The Bertz CT molecular complexity index is 1250. The molecular formula is C24H21FN4OS. The Morgan fingerprint density at radius 3 is 2.52 bits per heavy atom. The van der Waals surface area contributed by atoms with E-state index in [1.54, 1.807) is 12.3 Å². The summed E-state index contributed by atoms with van der Waals surface area (Å²) in [5.41, 5.74) is 1.71. The summed E-state index contributed by atoms with van der Waals surface area (Å²) >= 11 is 1.37. The van der Waals surface area contributed by atoms with E-state index in [-0.39, 0.29) is 11.7 Å². The molecule has 2 aromatic carbocycles. The Morgan fingerprint density at radius 1 is 1.00 bits per heavy atom. The summed E-state index contributed by atoms with van der Waals surface area (Å²) in [6.45, 7) is 4.40. The van der Waals surface area contributed by atoms with Crippen LogP contribution in [0.3, 0.4) is 0 Å². The number of fused-ring (bicyclic) bond motifs is 1. The fourth-order valence-electron chi connectivity index (χ4n) is 3.99. The van der Waals surface area contributed by atoms with Gasteiger partial charge in [-0.1, -0.05) is 36.4 Å². The van der Waals surface area contributed by atoms with Crippen LogP contribution in [0.4, 0.5) is 10.2 Å². The normalized spacial score (nSPS) is 14.3. The van der Waals surface area contributed by atoms with Crippen molar-refractivity contribution in [2.75, 3.05) is 31.1 Å². The van der Waals surface area contributed by atoms with Crippen LogP contribution in [0, 0.1) is 12.7 Å². The monoisotopic (exact) mass is 432 g/mol. The maximum absolute atomic E-state index is 14.2. The minimum absolute atomic E-state index is 0.0228. The second kappa shape index (κ2) is 8.07. The highest BCUT2D eigenvalue weighted by atomic mass is 32.1. The van der Waals surface area contributed by atoms with Crippen molar-refractivity contribution in [3.05, 3.63) is 77.1 Å². The third-order valence-corrected chi connectivity index (χ3v) is 6.91. The van der Waals surface area contributed by atoms with Gasteiger partial charge in [-0.2, -0.15) is 0 Å². The molecule has 5 rings (SSSR count). The average Bonchev–Trinajstić information content (AvgIpc) is 3.17. The molecule has 1 aliphatic rings. The number of rotatable bonds is 3. The molecule has 0 aliphatic carbocycles. The minimum Gasteiger partial charge on any atom is -0.353 e. The number of aryl methyl sites for hydroxylation is 1. The van der Waals surface area contributed by atoms with Crippen LogP contribution < -0.4 is 4.90 Å². The van der Waals surface area contributed by atoms with Crippen LogP contribution in [0.15, 0.2) is 60.8 Å². The van der Waals surface area contributed by atoms with Crippen molar-refractivity contribution in [2.45, 2.75) is 6.92 Å². The van der Waals surface area contributed by atoms with E-state index in [0.29, 0.717) is 42.3 Å². The summed E-state index contributed by atoms with van der Waals surface area (Å²) in [6, 6.07) is 16.8. The summed E-state index contributed by atoms with van der Waals surface area (Å²) < 4.78 is 15.0. The lowest BCUT2D eigenvalue weighted by molar-refractivity contribution is 0.0751. The minimum atomic E-state index is -0.270. The number of carbonyl (C=O) groups is 1. The molecule has 31 heavy (non-hydrogen) atoms. The number of piperazine rings is 1. The molecule has 0 radical (unpaired) electrons. The van der Waals surface area contributed by atoms with E-state index >= 15 is 0 Å². The van der Waals surface area contributed by atoms with E-state index in [2.05, 4.69) is 9.88 Å². The molecule has 2 aromatic heterocycles. The first-order valence-corrected chi connectivity index (χ1v) is 11.0. The van der Waals surface area contributed by atoms with Gasteiger partial charge in [0, 0.05) is 48.0 Å². The maximum Gasteiger partial charge on any atom is 0.264 e. The van der Waals surface area contributed by atoms with Gasteiger partial charge in [0.2, 0.25) is 0 Å². The zero-order chi connectivity index (χ0) is 21.4. The van der Waals surface area contributed by atoms with E-state index in [4.69, 9.17) is 4.98 Å². The fourth-order valence-corrected chi connectivity index (χ4v) is 5.18. The van der Waals surface area contributed by atoms with Crippen molar-refractivity contribution in [2.24, 2.45) is 0 Å². The van der Waals surface area contributed by atoms with Crippen molar-refractivity contribution in [3.63, 3.8) is 0 Å². The Morgan fingerprint density at radius 2 is 1.77 bits per heavy atom. The first-order chi connectivity index (χ1) is 15.1. The van der Waals surface area contributed by atoms with Crippen LogP contribution in [0.25, 0.3) is 21.5 Å². The van der Waals surface area contributed by atoms with Crippen LogP contribution in [0.2, 0.25) is 0 Å². The molecule has 0 bridgehead atoms. The predicted molar refractivity (Wildman–Crippen MR) is 122 cm³/mol. The van der Waals surface area contributed by atoms with Crippen LogP contribution in [-0.4, -0.2) is 47.0 Å². The average molecular weight is 433 g/mol. The van der Waals surface area contributed by atoms with E-state index in [0.717, 1.165) is 21.6 Å². The molecule has 5 nitrogen and oxygen atoms in total. The number of aromatic nitrogens is 2. The summed E-state index contributed by atoms with van der Waals surface area (Å²) in [6.07, 6.45) is 1.78. The molecule has 1 fully saturated rings. The van der Waals surface area contributed by atoms with Gasteiger partial charge in [0.25, 0.3) is 5.91 Å². The van der Waals surface area contributed by atoms with Gasteiger partial charge in [0.1, 0.15) is 11.6 Å². The smallest absolute Gasteiger partial charge is 0.264 e.